The van der Waals surface area contributed by atoms with E-state index in [1.807, 2.05) is 6.92 Å². The summed E-state index contributed by atoms with van der Waals surface area (Å²) < 4.78 is 4.85. The van der Waals surface area contributed by atoms with E-state index in [-0.39, 0.29) is 5.97 Å². The molecule has 0 aliphatic carbocycles. The average molecular weight is 320 g/mol. The molecule has 0 spiro atoms. The number of hydrogen-bond acceptors (Lipinski definition) is 5. The van der Waals surface area contributed by atoms with E-state index in [1.165, 1.54) is 7.11 Å². The number of aromatic nitrogens is 2. The molecule has 0 aromatic carbocycles. The lowest BCUT2D eigenvalue weighted by Gasteiger charge is -2.40. The highest BCUT2D eigenvalue weighted by Crippen LogP contribution is 2.35. The van der Waals surface area contributed by atoms with Crippen LogP contribution in [0, 0.1) is 0 Å². The van der Waals surface area contributed by atoms with Crippen LogP contribution >= 0.6 is 11.6 Å². The molecule has 2 unspecified atom stereocenters. The van der Waals surface area contributed by atoms with Crippen molar-refractivity contribution in [3.05, 3.63) is 29.2 Å². The molecule has 1 saturated heterocycles. The predicted molar refractivity (Wildman–Crippen MR) is 86.4 cm³/mol. The summed E-state index contributed by atoms with van der Waals surface area (Å²) in [6.45, 7) is 4.96. The van der Waals surface area contributed by atoms with Crippen molar-refractivity contribution < 1.29 is 9.53 Å². The molecule has 22 heavy (non-hydrogen) atoms. The fraction of sp³-hybridized carbons (Fsp3) is 0.438. The van der Waals surface area contributed by atoms with E-state index in [0.717, 1.165) is 35.1 Å². The van der Waals surface area contributed by atoms with Crippen molar-refractivity contribution in [1.82, 2.24) is 9.97 Å². The average Bonchev–Trinajstić information content (AvgIpc) is 2.51. The number of methoxy groups -OCH3 is 1. The first-order valence-electron chi connectivity index (χ1n) is 7.31. The van der Waals surface area contributed by atoms with Gasteiger partial charge in [0.25, 0.3) is 0 Å². The minimum Gasteiger partial charge on any atom is -0.469 e. The van der Waals surface area contributed by atoms with E-state index >= 15 is 0 Å². The lowest BCUT2D eigenvalue weighted by atomic mass is 9.96. The zero-order valence-corrected chi connectivity index (χ0v) is 13.6. The predicted octanol–water partition coefficient (Wildman–Crippen LogP) is 3.16. The maximum atomic E-state index is 11.9. The van der Waals surface area contributed by atoms with Gasteiger partial charge in [0.05, 0.1) is 13.0 Å². The van der Waals surface area contributed by atoms with Crippen LogP contribution in [0.25, 0.3) is 10.8 Å². The molecule has 0 bridgehead atoms. The van der Waals surface area contributed by atoms with Crippen molar-refractivity contribution in [3.63, 3.8) is 0 Å². The number of fused-ring (bicyclic) bond motifs is 1. The Labute approximate surface area is 134 Å². The first-order chi connectivity index (χ1) is 10.5. The third-order valence-corrected chi connectivity index (χ3v) is 4.57. The molecule has 116 valence electrons. The van der Waals surface area contributed by atoms with Gasteiger partial charge in [0.1, 0.15) is 11.0 Å². The van der Waals surface area contributed by atoms with Crippen LogP contribution in [0.1, 0.15) is 31.7 Å². The van der Waals surface area contributed by atoms with Crippen LogP contribution < -0.4 is 4.90 Å². The minimum absolute atomic E-state index is 0.291. The van der Waals surface area contributed by atoms with Crippen molar-refractivity contribution in [1.29, 1.82) is 0 Å². The van der Waals surface area contributed by atoms with Crippen molar-refractivity contribution in [2.45, 2.75) is 32.2 Å². The molecule has 2 atom stereocenters. The first kappa shape index (κ1) is 15.0. The van der Waals surface area contributed by atoms with E-state index in [9.17, 15) is 4.79 Å². The molecule has 0 radical (unpaired) electrons. The van der Waals surface area contributed by atoms with Crippen LogP contribution in [0.5, 0.6) is 0 Å². The largest absolute Gasteiger partial charge is 0.469 e. The number of hydrogen-bond donors (Lipinski definition) is 0. The lowest BCUT2D eigenvalue weighted by Crippen LogP contribution is -2.46. The zero-order chi connectivity index (χ0) is 15.9. The third-order valence-electron chi connectivity index (χ3n) is 4.36. The Morgan fingerprint density at radius 1 is 1.41 bits per heavy atom. The monoisotopic (exact) mass is 319 g/mol. The second-order valence-electron chi connectivity index (χ2n) is 5.67. The van der Waals surface area contributed by atoms with Gasteiger partial charge in [-0.3, -0.25) is 4.79 Å². The highest BCUT2D eigenvalue weighted by Gasteiger charge is 2.28. The van der Waals surface area contributed by atoms with Gasteiger partial charge in [0, 0.05) is 30.4 Å². The molecule has 5 nitrogen and oxygen atoms in total. The number of esters is 1. The Balaban J connectivity index is 2.17. The molecule has 0 amide bonds. The summed E-state index contributed by atoms with van der Waals surface area (Å²) >= 11 is 6.06. The van der Waals surface area contributed by atoms with Gasteiger partial charge < -0.3 is 9.64 Å². The van der Waals surface area contributed by atoms with E-state index in [1.54, 1.807) is 18.5 Å². The molecule has 1 fully saturated rings. The molecule has 0 N–H and O–H groups in total. The molecule has 1 aliphatic rings. The number of pyridine rings is 2. The van der Waals surface area contributed by atoms with Crippen molar-refractivity contribution >= 4 is 34.2 Å². The van der Waals surface area contributed by atoms with Crippen LogP contribution in [0.4, 0.5) is 5.82 Å². The highest BCUT2D eigenvalue weighted by atomic mass is 35.5. The van der Waals surface area contributed by atoms with Crippen molar-refractivity contribution in [3.8, 4) is 0 Å². The van der Waals surface area contributed by atoms with E-state index < -0.39 is 5.92 Å². The van der Waals surface area contributed by atoms with Gasteiger partial charge in [0.2, 0.25) is 0 Å². The van der Waals surface area contributed by atoms with Crippen LogP contribution in [-0.4, -0.2) is 35.6 Å². The number of anilines is 1. The molecular weight excluding hydrogens is 302 g/mol. The SMILES string of the molecule is COC(=O)C(C)c1cnc(N2CCC2C)c2cnc(Cl)cc12. The number of ether oxygens (including phenoxy) is 1. The Bertz CT molecular complexity index is 735. The number of nitrogens with zero attached hydrogens (tertiary/aromatic N) is 3. The Kier molecular flexibility index (Phi) is 3.91. The normalized spacial score (nSPS) is 18.9. The Morgan fingerprint density at radius 2 is 2.18 bits per heavy atom. The molecule has 2 aromatic heterocycles. The Morgan fingerprint density at radius 3 is 2.77 bits per heavy atom. The maximum Gasteiger partial charge on any atom is 0.312 e. The molecule has 1 aliphatic heterocycles. The van der Waals surface area contributed by atoms with Crippen LogP contribution in [0.3, 0.4) is 0 Å². The van der Waals surface area contributed by atoms with Crippen molar-refractivity contribution in [2.75, 3.05) is 18.6 Å². The fourth-order valence-corrected chi connectivity index (χ4v) is 2.98. The molecule has 3 rings (SSSR count). The molecule has 0 saturated carbocycles. The van der Waals surface area contributed by atoms with Crippen molar-refractivity contribution in [2.24, 2.45) is 0 Å². The lowest BCUT2D eigenvalue weighted by molar-refractivity contribution is -0.141. The standard InChI is InChI=1S/C16H18ClN3O2/c1-9-4-5-20(9)15-13-8-18-14(17)6-11(13)12(7-19-15)10(2)16(21)22-3/h6-10H,4-5H2,1-3H3. The summed E-state index contributed by atoms with van der Waals surface area (Å²) in [7, 11) is 1.39. The summed E-state index contributed by atoms with van der Waals surface area (Å²) in [4.78, 5) is 22.9. The zero-order valence-electron chi connectivity index (χ0n) is 12.8. The minimum atomic E-state index is -0.402. The van der Waals surface area contributed by atoms with E-state index in [0.29, 0.717) is 11.2 Å². The highest BCUT2D eigenvalue weighted by molar-refractivity contribution is 6.30. The smallest absolute Gasteiger partial charge is 0.312 e. The maximum absolute atomic E-state index is 11.9. The molecule has 3 heterocycles. The summed E-state index contributed by atoms with van der Waals surface area (Å²) in [5, 5.41) is 2.23. The topological polar surface area (TPSA) is 55.3 Å². The van der Waals surface area contributed by atoms with Gasteiger partial charge in [0.15, 0.2) is 0 Å². The molecule has 6 heteroatoms. The summed E-state index contributed by atoms with van der Waals surface area (Å²) in [6, 6.07) is 2.26. The summed E-state index contributed by atoms with van der Waals surface area (Å²) in [5.74, 6) is 0.209. The van der Waals surface area contributed by atoms with Crippen LogP contribution in [0.2, 0.25) is 5.15 Å². The molecular formula is C16H18ClN3O2. The molecule has 2 aromatic rings. The van der Waals surface area contributed by atoms with Crippen LogP contribution in [0.15, 0.2) is 18.5 Å². The number of rotatable bonds is 3. The third kappa shape index (κ3) is 2.39. The van der Waals surface area contributed by atoms with Gasteiger partial charge >= 0.3 is 5.97 Å². The van der Waals surface area contributed by atoms with Gasteiger partial charge in [-0.2, -0.15) is 0 Å². The Hall–Kier alpha value is -1.88. The van der Waals surface area contributed by atoms with E-state index in [2.05, 4.69) is 21.8 Å². The van der Waals surface area contributed by atoms with Crippen LogP contribution in [-0.2, 0) is 9.53 Å². The summed E-state index contributed by atoms with van der Waals surface area (Å²) in [6.07, 6.45) is 4.64. The number of halogens is 1. The fourth-order valence-electron chi connectivity index (χ4n) is 2.83. The summed E-state index contributed by atoms with van der Waals surface area (Å²) in [5.41, 5.74) is 0.808. The number of carbonyl (C=O) groups is 1. The van der Waals surface area contributed by atoms with Gasteiger partial charge in [-0.1, -0.05) is 11.6 Å². The second-order valence-corrected chi connectivity index (χ2v) is 6.05. The van der Waals surface area contributed by atoms with E-state index in [4.69, 9.17) is 16.3 Å². The second kappa shape index (κ2) is 5.72. The van der Waals surface area contributed by atoms with Gasteiger partial charge in [-0.25, -0.2) is 9.97 Å². The first-order valence-corrected chi connectivity index (χ1v) is 7.69. The van der Waals surface area contributed by atoms with Gasteiger partial charge in [-0.05, 0) is 37.3 Å². The number of carbonyl (C=O) groups excluding carboxylic acids is 1. The quantitative estimate of drug-likeness (QED) is 0.642. The van der Waals surface area contributed by atoms with Gasteiger partial charge in [-0.15, -0.1) is 0 Å².